The highest BCUT2D eigenvalue weighted by Gasteiger charge is 2.41. The molecule has 2 rings (SSSR count). The Morgan fingerprint density at radius 1 is 1.37 bits per heavy atom. The highest BCUT2D eigenvalue weighted by Crippen LogP contribution is 2.29. The molecule has 0 unspecified atom stereocenters. The van der Waals surface area contributed by atoms with Crippen molar-refractivity contribution >= 4 is 15.7 Å². The van der Waals surface area contributed by atoms with Gasteiger partial charge in [0, 0.05) is 25.7 Å². The summed E-state index contributed by atoms with van der Waals surface area (Å²) in [4.78, 5) is 0. The molecule has 1 aliphatic rings. The number of benzene rings is 1. The zero-order chi connectivity index (χ0) is 14.1. The Morgan fingerprint density at radius 2 is 2.11 bits per heavy atom. The molecule has 106 valence electrons. The van der Waals surface area contributed by atoms with Crippen LogP contribution >= 0.6 is 0 Å². The van der Waals surface area contributed by atoms with E-state index in [4.69, 9.17) is 4.74 Å². The topological polar surface area (TPSA) is 58.6 Å². The lowest BCUT2D eigenvalue weighted by atomic mass is 10.2. The van der Waals surface area contributed by atoms with Gasteiger partial charge in [0.05, 0.1) is 17.5 Å². The third-order valence-corrected chi connectivity index (χ3v) is 5.89. The normalized spacial score (nSPS) is 21.7. The average molecular weight is 284 g/mol. The molecule has 19 heavy (non-hydrogen) atoms. The molecule has 6 heteroatoms. The molecule has 0 radical (unpaired) electrons. The van der Waals surface area contributed by atoms with Gasteiger partial charge in [-0.05, 0) is 26.0 Å². The Bertz CT molecular complexity index is 555. The van der Waals surface area contributed by atoms with Crippen molar-refractivity contribution in [2.45, 2.75) is 18.6 Å². The standard InChI is InChI=1S/C13H20N2O3S/c1-13(2)10-14-7-8-15(19(13,16)17)11-5-4-6-12(9-11)18-3/h4-6,9,14H,7-8,10H2,1-3H3. The fraction of sp³-hybridized carbons (Fsp3) is 0.538. The Kier molecular flexibility index (Phi) is 3.73. The van der Waals surface area contributed by atoms with Crippen molar-refractivity contribution in [2.75, 3.05) is 31.0 Å². The van der Waals surface area contributed by atoms with Crippen molar-refractivity contribution in [1.82, 2.24) is 5.32 Å². The predicted molar refractivity (Wildman–Crippen MR) is 76.2 cm³/mol. The third kappa shape index (κ3) is 2.55. The van der Waals surface area contributed by atoms with Gasteiger partial charge in [0.1, 0.15) is 5.75 Å². The lowest BCUT2D eigenvalue weighted by molar-refractivity contribution is 0.415. The molecule has 0 aliphatic carbocycles. The van der Waals surface area contributed by atoms with Gasteiger partial charge in [-0.3, -0.25) is 4.31 Å². The van der Waals surface area contributed by atoms with Crippen molar-refractivity contribution in [3.05, 3.63) is 24.3 Å². The van der Waals surface area contributed by atoms with E-state index in [0.29, 0.717) is 31.1 Å². The number of rotatable bonds is 2. The maximum atomic E-state index is 12.7. The summed E-state index contributed by atoms with van der Waals surface area (Å²) in [5, 5.41) is 3.17. The van der Waals surface area contributed by atoms with Gasteiger partial charge in [-0.1, -0.05) is 6.07 Å². The van der Waals surface area contributed by atoms with E-state index >= 15 is 0 Å². The molecule has 1 aromatic rings. The maximum absolute atomic E-state index is 12.7. The summed E-state index contributed by atoms with van der Waals surface area (Å²) in [5.74, 6) is 0.655. The Morgan fingerprint density at radius 3 is 2.79 bits per heavy atom. The average Bonchev–Trinajstić information content (AvgIpc) is 2.47. The molecular weight excluding hydrogens is 264 g/mol. The monoisotopic (exact) mass is 284 g/mol. The van der Waals surface area contributed by atoms with E-state index in [1.165, 1.54) is 4.31 Å². The number of anilines is 1. The molecule has 1 N–H and O–H groups in total. The van der Waals surface area contributed by atoms with Crippen LogP contribution in [0.2, 0.25) is 0 Å². The number of nitrogens with one attached hydrogen (secondary N) is 1. The number of methoxy groups -OCH3 is 1. The van der Waals surface area contributed by atoms with Gasteiger partial charge in [0.2, 0.25) is 10.0 Å². The van der Waals surface area contributed by atoms with Crippen LogP contribution in [0.15, 0.2) is 24.3 Å². The molecule has 1 heterocycles. The minimum atomic E-state index is -3.40. The summed E-state index contributed by atoms with van der Waals surface area (Å²) in [6.45, 7) is 5.01. The van der Waals surface area contributed by atoms with Gasteiger partial charge in [0.25, 0.3) is 0 Å². The van der Waals surface area contributed by atoms with E-state index in [1.54, 1.807) is 45.2 Å². The SMILES string of the molecule is COc1cccc(N2CCNCC(C)(C)S2(=O)=O)c1. The molecule has 1 saturated heterocycles. The van der Waals surface area contributed by atoms with E-state index in [9.17, 15) is 8.42 Å². The van der Waals surface area contributed by atoms with Crippen LogP contribution in [0.5, 0.6) is 5.75 Å². The zero-order valence-corrected chi connectivity index (χ0v) is 12.3. The van der Waals surface area contributed by atoms with Crippen molar-refractivity contribution in [2.24, 2.45) is 0 Å². The van der Waals surface area contributed by atoms with Crippen molar-refractivity contribution in [3.63, 3.8) is 0 Å². The van der Waals surface area contributed by atoms with Crippen LogP contribution in [0.25, 0.3) is 0 Å². The van der Waals surface area contributed by atoms with E-state index < -0.39 is 14.8 Å². The summed E-state index contributed by atoms with van der Waals surface area (Å²) in [6.07, 6.45) is 0. The molecular formula is C13H20N2O3S. The van der Waals surface area contributed by atoms with Crippen LogP contribution in [0.3, 0.4) is 0 Å². The van der Waals surface area contributed by atoms with Crippen molar-refractivity contribution < 1.29 is 13.2 Å². The first-order chi connectivity index (χ1) is 8.88. The summed E-state index contributed by atoms with van der Waals surface area (Å²) in [5.41, 5.74) is 0.649. The van der Waals surface area contributed by atoms with Crippen LogP contribution in [-0.2, 0) is 10.0 Å². The summed E-state index contributed by atoms with van der Waals surface area (Å²) in [7, 11) is -1.83. The number of hydrogen-bond acceptors (Lipinski definition) is 4. The second-order valence-corrected chi connectivity index (χ2v) is 7.71. The first-order valence-electron chi connectivity index (χ1n) is 6.25. The number of sulfonamides is 1. The second kappa shape index (κ2) is 5.02. The summed E-state index contributed by atoms with van der Waals surface area (Å²) < 4.78 is 31.2. The lowest BCUT2D eigenvalue weighted by Crippen LogP contribution is -2.46. The highest BCUT2D eigenvalue weighted by molar-refractivity contribution is 7.94. The minimum absolute atomic E-state index is 0.429. The molecule has 0 atom stereocenters. The molecule has 1 fully saturated rings. The minimum Gasteiger partial charge on any atom is -0.497 e. The van der Waals surface area contributed by atoms with E-state index in [-0.39, 0.29) is 0 Å². The largest absolute Gasteiger partial charge is 0.497 e. The summed E-state index contributed by atoms with van der Waals surface area (Å²) >= 11 is 0. The molecule has 0 aromatic heterocycles. The van der Waals surface area contributed by atoms with E-state index in [1.807, 2.05) is 0 Å². The van der Waals surface area contributed by atoms with Gasteiger partial charge in [0.15, 0.2) is 0 Å². The Labute approximate surface area is 114 Å². The van der Waals surface area contributed by atoms with Crippen LogP contribution in [-0.4, -0.2) is 39.9 Å². The molecule has 0 amide bonds. The van der Waals surface area contributed by atoms with Crippen LogP contribution < -0.4 is 14.4 Å². The number of ether oxygens (including phenoxy) is 1. The molecule has 5 nitrogen and oxygen atoms in total. The Hall–Kier alpha value is -1.27. The van der Waals surface area contributed by atoms with Gasteiger partial charge >= 0.3 is 0 Å². The third-order valence-electron chi connectivity index (χ3n) is 3.37. The van der Waals surface area contributed by atoms with E-state index in [0.717, 1.165) is 0 Å². The lowest BCUT2D eigenvalue weighted by Gasteiger charge is -2.30. The predicted octanol–water partition coefficient (Wildman–Crippen LogP) is 1.21. The molecule has 0 spiro atoms. The van der Waals surface area contributed by atoms with Crippen LogP contribution in [0.4, 0.5) is 5.69 Å². The summed E-state index contributed by atoms with van der Waals surface area (Å²) in [6, 6.07) is 7.15. The van der Waals surface area contributed by atoms with E-state index in [2.05, 4.69) is 5.32 Å². The van der Waals surface area contributed by atoms with Crippen LogP contribution in [0, 0.1) is 0 Å². The van der Waals surface area contributed by atoms with Gasteiger partial charge in [-0.15, -0.1) is 0 Å². The fourth-order valence-corrected chi connectivity index (χ4v) is 3.72. The smallest absolute Gasteiger partial charge is 0.241 e. The quantitative estimate of drug-likeness (QED) is 0.887. The molecule has 1 aliphatic heterocycles. The van der Waals surface area contributed by atoms with Crippen LogP contribution in [0.1, 0.15) is 13.8 Å². The number of nitrogens with zero attached hydrogens (tertiary/aromatic N) is 1. The van der Waals surface area contributed by atoms with Crippen molar-refractivity contribution in [3.8, 4) is 5.75 Å². The first-order valence-corrected chi connectivity index (χ1v) is 7.69. The Balaban J connectivity index is 2.46. The molecule has 1 aromatic carbocycles. The molecule has 0 bridgehead atoms. The van der Waals surface area contributed by atoms with Gasteiger partial charge in [-0.25, -0.2) is 8.42 Å². The first kappa shape index (κ1) is 14.1. The van der Waals surface area contributed by atoms with Crippen molar-refractivity contribution in [1.29, 1.82) is 0 Å². The second-order valence-electron chi connectivity index (χ2n) is 5.22. The highest BCUT2D eigenvalue weighted by atomic mass is 32.2. The molecule has 0 saturated carbocycles. The zero-order valence-electron chi connectivity index (χ0n) is 11.5. The number of hydrogen-bond donors (Lipinski definition) is 1. The van der Waals surface area contributed by atoms with Gasteiger partial charge in [-0.2, -0.15) is 0 Å². The fourth-order valence-electron chi connectivity index (χ4n) is 2.11. The van der Waals surface area contributed by atoms with Gasteiger partial charge < -0.3 is 10.1 Å². The maximum Gasteiger partial charge on any atom is 0.241 e.